The molecule has 0 fully saturated rings. The fourth-order valence-corrected chi connectivity index (χ4v) is 8.98. The van der Waals surface area contributed by atoms with Crippen molar-refractivity contribution in [3.05, 3.63) is 222 Å². The SMILES string of the molecule is c1ccc(C2=Nc3cc4c5ccccc5n(-c5cccc(-n6c7ccccc7c7ccccc76)c5)c4cc3C2(c2ccccc2)c2ccccc2)cc1. The van der Waals surface area contributed by atoms with Crippen molar-refractivity contribution in [2.45, 2.75) is 5.41 Å². The summed E-state index contributed by atoms with van der Waals surface area (Å²) in [5, 5.41) is 4.91. The van der Waals surface area contributed by atoms with Crippen LogP contribution in [0.25, 0.3) is 55.0 Å². The van der Waals surface area contributed by atoms with E-state index in [-0.39, 0.29) is 0 Å². The van der Waals surface area contributed by atoms with Crippen LogP contribution in [0.1, 0.15) is 22.3 Å². The van der Waals surface area contributed by atoms with Crippen molar-refractivity contribution in [1.82, 2.24) is 9.13 Å². The van der Waals surface area contributed by atoms with Crippen molar-refractivity contribution in [2.75, 3.05) is 0 Å². The molecule has 0 N–H and O–H groups in total. The lowest BCUT2D eigenvalue weighted by Crippen LogP contribution is -2.36. The first-order chi connectivity index (χ1) is 26.3. The summed E-state index contributed by atoms with van der Waals surface area (Å²) in [4.78, 5) is 5.58. The molecule has 3 nitrogen and oxygen atoms in total. The third-order valence-electron chi connectivity index (χ3n) is 11.2. The molecule has 0 aliphatic carbocycles. The Morgan fingerprint density at radius 1 is 0.358 bits per heavy atom. The van der Waals surface area contributed by atoms with E-state index in [1.807, 2.05) is 0 Å². The van der Waals surface area contributed by atoms with E-state index < -0.39 is 5.41 Å². The van der Waals surface area contributed by atoms with Gasteiger partial charge >= 0.3 is 0 Å². The van der Waals surface area contributed by atoms with Crippen LogP contribution in [0.5, 0.6) is 0 Å². The van der Waals surface area contributed by atoms with Gasteiger partial charge in [0.1, 0.15) is 0 Å². The van der Waals surface area contributed by atoms with Crippen molar-refractivity contribution in [2.24, 2.45) is 4.99 Å². The lowest BCUT2D eigenvalue weighted by Gasteiger charge is -2.34. The molecule has 0 spiro atoms. The maximum absolute atomic E-state index is 5.58. The van der Waals surface area contributed by atoms with E-state index in [1.54, 1.807) is 0 Å². The largest absolute Gasteiger partial charge is 0.309 e. The zero-order valence-electron chi connectivity index (χ0n) is 28.9. The highest BCUT2D eigenvalue weighted by Crippen LogP contribution is 2.53. The fraction of sp³-hybridized carbons (Fsp3) is 0.0200. The van der Waals surface area contributed by atoms with Gasteiger partial charge < -0.3 is 9.13 Å². The summed E-state index contributed by atoms with van der Waals surface area (Å²) in [5.41, 5.74) is 13.1. The Balaban J connectivity index is 1.22. The van der Waals surface area contributed by atoms with Gasteiger partial charge in [-0.05, 0) is 65.2 Å². The second-order valence-corrected chi connectivity index (χ2v) is 13.9. The molecule has 1 aliphatic heterocycles. The second kappa shape index (κ2) is 11.5. The molecule has 53 heavy (non-hydrogen) atoms. The summed E-state index contributed by atoms with van der Waals surface area (Å²) in [5.74, 6) is 0. The van der Waals surface area contributed by atoms with Crippen molar-refractivity contribution < 1.29 is 0 Å². The lowest BCUT2D eigenvalue weighted by atomic mass is 9.65. The van der Waals surface area contributed by atoms with E-state index in [0.717, 1.165) is 33.9 Å². The first-order valence-electron chi connectivity index (χ1n) is 18.2. The number of benzene rings is 8. The highest BCUT2D eigenvalue weighted by atomic mass is 15.0. The molecule has 8 aromatic carbocycles. The number of rotatable bonds is 5. The minimum Gasteiger partial charge on any atom is -0.309 e. The molecule has 0 atom stereocenters. The molecule has 1 aliphatic rings. The van der Waals surface area contributed by atoms with E-state index in [4.69, 9.17) is 4.99 Å². The Bertz CT molecular complexity index is 2950. The molecule has 0 saturated carbocycles. The summed E-state index contributed by atoms with van der Waals surface area (Å²) in [6.07, 6.45) is 0. The molecule has 11 rings (SSSR count). The van der Waals surface area contributed by atoms with Crippen LogP contribution in [-0.4, -0.2) is 14.8 Å². The van der Waals surface area contributed by atoms with Crippen LogP contribution in [0.3, 0.4) is 0 Å². The summed E-state index contributed by atoms with van der Waals surface area (Å²) < 4.78 is 4.85. The standard InChI is InChI=1S/C50H33N3/c1-4-17-34(18-5-1)49-50(35-19-6-2-7-20-35,36-21-8-3-9-22-36)43-33-48-42(32-44(43)51-49)41-27-12-15-30-47(41)53(48)38-24-16-23-37(31-38)52-45-28-13-10-25-39(45)40-26-11-14-29-46(40)52/h1-33H. The topological polar surface area (TPSA) is 22.2 Å². The van der Waals surface area contributed by atoms with Crippen molar-refractivity contribution in [1.29, 1.82) is 0 Å². The molecule has 248 valence electrons. The third kappa shape index (κ3) is 4.25. The van der Waals surface area contributed by atoms with Gasteiger partial charge in [0.05, 0.1) is 38.9 Å². The van der Waals surface area contributed by atoms with Crippen molar-refractivity contribution in [3.8, 4) is 11.4 Å². The summed E-state index contributed by atoms with van der Waals surface area (Å²) >= 11 is 0. The Morgan fingerprint density at radius 3 is 1.36 bits per heavy atom. The normalized spacial score (nSPS) is 13.5. The molecule has 3 heteroatoms. The number of aromatic nitrogens is 2. The maximum Gasteiger partial charge on any atom is 0.0901 e. The number of nitrogens with zero attached hydrogens (tertiary/aromatic N) is 3. The Kier molecular flexibility index (Phi) is 6.47. The predicted molar refractivity (Wildman–Crippen MR) is 221 cm³/mol. The van der Waals surface area contributed by atoms with Gasteiger partial charge in [-0.1, -0.05) is 152 Å². The van der Waals surface area contributed by atoms with E-state index in [2.05, 4.69) is 209 Å². The van der Waals surface area contributed by atoms with Crippen LogP contribution in [0.15, 0.2) is 205 Å². The minimum absolute atomic E-state index is 0.625. The number of hydrogen-bond donors (Lipinski definition) is 0. The molecular formula is C50H33N3. The lowest BCUT2D eigenvalue weighted by molar-refractivity contribution is 0.851. The van der Waals surface area contributed by atoms with Gasteiger partial charge in [0.15, 0.2) is 0 Å². The van der Waals surface area contributed by atoms with E-state index in [0.29, 0.717) is 0 Å². The first-order valence-corrected chi connectivity index (χ1v) is 18.2. The highest BCUT2D eigenvalue weighted by molar-refractivity contribution is 6.20. The summed E-state index contributed by atoms with van der Waals surface area (Å²) in [6, 6.07) is 72.5. The van der Waals surface area contributed by atoms with Crippen LogP contribution in [0, 0.1) is 0 Å². The number of fused-ring (bicyclic) bond motifs is 7. The molecule has 0 unspecified atom stereocenters. The second-order valence-electron chi connectivity index (χ2n) is 13.9. The van der Waals surface area contributed by atoms with E-state index >= 15 is 0 Å². The van der Waals surface area contributed by atoms with Crippen LogP contribution < -0.4 is 0 Å². The maximum atomic E-state index is 5.58. The number of aliphatic imine (C=N–C) groups is 1. The average molecular weight is 676 g/mol. The first kappa shape index (κ1) is 29.7. The van der Waals surface area contributed by atoms with Gasteiger partial charge in [0.25, 0.3) is 0 Å². The molecule has 2 aromatic heterocycles. The van der Waals surface area contributed by atoms with Gasteiger partial charge in [-0.2, -0.15) is 0 Å². The smallest absolute Gasteiger partial charge is 0.0901 e. The van der Waals surface area contributed by atoms with E-state index in [9.17, 15) is 0 Å². The van der Waals surface area contributed by atoms with Gasteiger partial charge in [0, 0.05) is 38.5 Å². The molecule has 3 heterocycles. The minimum atomic E-state index is -0.625. The molecular weight excluding hydrogens is 643 g/mol. The zero-order chi connectivity index (χ0) is 34.9. The van der Waals surface area contributed by atoms with Gasteiger partial charge in [0.2, 0.25) is 0 Å². The predicted octanol–water partition coefficient (Wildman–Crippen LogP) is 12.3. The van der Waals surface area contributed by atoms with Gasteiger partial charge in [-0.3, -0.25) is 4.99 Å². The molecule has 0 saturated heterocycles. The monoisotopic (exact) mass is 675 g/mol. The van der Waals surface area contributed by atoms with Crippen LogP contribution in [0.4, 0.5) is 5.69 Å². The molecule has 10 aromatic rings. The Morgan fingerprint density at radius 2 is 0.811 bits per heavy atom. The van der Waals surface area contributed by atoms with Crippen molar-refractivity contribution in [3.63, 3.8) is 0 Å². The quantitative estimate of drug-likeness (QED) is 0.173. The third-order valence-corrected chi connectivity index (χ3v) is 11.2. The van der Waals surface area contributed by atoms with Crippen LogP contribution in [-0.2, 0) is 5.41 Å². The van der Waals surface area contributed by atoms with E-state index in [1.165, 1.54) is 54.8 Å². The molecule has 0 radical (unpaired) electrons. The number of hydrogen-bond acceptors (Lipinski definition) is 1. The van der Waals surface area contributed by atoms with Crippen LogP contribution >= 0.6 is 0 Å². The Labute approximate surface area is 307 Å². The molecule has 0 bridgehead atoms. The fourth-order valence-electron chi connectivity index (χ4n) is 8.98. The summed E-state index contributed by atoms with van der Waals surface area (Å²) in [6.45, 7) is 0. The molecule has 0 amide bonds. The Hall–Kier alpha value is -6.97. The average Bonchev–Trinajstić information content (AvgIpc) is 3.87. The van der Waals surface area contributed by atoms with Crippen molar-refractivity contribution >= 4 is 55.0 Å². The van der Waals surface area contributed by atoms with Gasteiger partial charge in [-0.25, -0.2) is 0 Å². The van der Waals surface area contributed by atoms with Gasteiger partial charge in [-0.15, -0.1) is 0 Å². The summed E-state index contributed by atoms with van der Waals surface area (Å²) in [7, 11) is 0. The highest BCUT2D eigenvalue weighted by Gasteiger charge is 2.47. The zero-order valence-corrected chi connectivity index (χ0v) is 28.9. The number of para-hydroxylation sites is 3. The van der Waals surface area contributed by atoms with Crippen LogP contribution in [0.2, 0.25) is 0 Å².